The molecule has 3 aromatic carbocycles. The third-order valence-electron chi connectivity index (χ3n) is 14.4. The molecule has 0 radical (unpaired) electrons. The van der Waals surface area contributed by atoms with Crippen molar-refractivity contribution in [3.63, 3.8) is 0 Å². The summed E-state index contributed by atoms with van der Waals surface area (Å²) in [4.78, 5) is 132. The highest BCUT2D eigenvalue weighted by Gasteiger charge is 2.46. The fraction of sp³-hybridized carbons (Fsp3) is 0.525. The summed E-state index contributed by atoms with van der Waals surface area (Å²) in [7, 11) is 3.08. The monoisotopic (exact) mass is 1140 g/mol. The van der Waals surface area contributed by atoms with Gasteiger partial charge in [-0.25, -0.2) is 4.79 Å². The maximum absolute atomic E-state index is 14.2. The van der Waals surface area contributed by atoms with E-state index in [1.165, 1.54) is 30.2 Å². The molecule has 2 fully saturated rings. The number of nitrogens with one attached hydrogen (secondary N) is 4. The molecule has 82 heavy (non-hydrogen) atoms. The summed E-state index contributed by atoms with van der Waals surface area (Å²) in [5.41, 5.74) is 0.895. The highest BCUT2D eigenvalue weighted by molar-refractivity contribution is 6.38. The van der Waals surface area contributed by atoms with Crippen LogP contribution in [0.1, 0.15) is 129 Å². The molecule has 0 bridgehead atoms. The lowest BCUT2D eigenvalue weighted by molar-refractivity contribution is -0.164. The molecule has 23 heteroatoms. The second kappa shape index (κ2) is 31.5. The number of aryl methyl sites for hydroxylation is 1. The molecular formula is C59H76N6O17. The Morgan fingerprint density at radius 3 is 2.09 bits per heavy atom. The minimum atomic E-state index is -1.12. The zero-order chi connectivity index (χ0) is 59.2. The Hall–Kier alpha value is -7.76. The normalized spacial score (nSPS) is 16.4. The number of Topliss-reactive ketones (excluding diaryl/α,β-unsaturated/α-hetero) is 1. The number of esters is 1. The number of amides is 8. The van der Waals surface area contributed by atoms with Gasteiger partial charge < -0.3 is 54.0 Å². The van der Waals surface area contributed by atoms with E-state index in [0.717, 1.165) is 10.5 Å². The van der Waals surface area contributed by atoms with Crippen LogP contribution in [0.3, 0.4) is 0 Å². The Morgan fingerprint density at radius 1 is 0.732 bits per heavy atom. The van der Waals surface area contributed by atoms with Gasteiger partial charge in [-0.05, 0) is 93.7 Å². The van der Waals surface area contributed by atoms with Crippen molar-refractivity contribution in [1.29, 1.82) is 0 Å². The molecule has 3 aliphatic heterocycles. The van der Waals surface area contributed by atoms with Crippen LogP contribution in [-0.2, 0) is 63.7 Å². The second-order valence-corrected chi connectivity index (χ2v) is 20.5. The largest absolute Gasteiger partial charge is 0.493 e. The van der Waals surface area contributed by atoms with Gasteiger partial charge in [-0.15, -0.1) is 0 Å². The molecule has 23 nitrogen and oxygen atoms in total. The third-order valence-corrected chi connectivity index (χ3v) is 14.4. The SMILES string of the molecule is CCC(C)(C)C(=O)C(=O)N1CCCC[C@H]1C(=O)O[C@H](CCc1ccc(OC)c(OC)c1)c1ccccc1NC(=O)CCC(=O)NCCCOCCOCCOCCCNC(=O)COc1cccc2c1C(=O)N(C1CCC(=O)NC1=O)C2=O. The number of benzene rings is 3. The lowest BCUT2D eigenvalue weighted by Crippen LogP contribution is -2.54. The molecular weight excluding hydrogens is 1060 g/mol. The van der Waals surface area contributed by atoms with E-state index in [1.54, 1.807) is 51.3 Å². The lowest BCUT2D eigenvalue weighted by atomic mass is 9.84. The zero-order valence-electron chi connectivity index (χ0n) is 47.4. The summed E-state index contributed by atoms with van der Waals surface area (Å²) in [5.74, 6) is -4.59. The van der Waals surface area contributed by atoms with Gasteiger partial charge in [-0.1, -0.05) is 51.1 Å². The fourth-order valence-corrected chi connectivity index (χ4v) is 9.40. The number of carbonyl (C=O) groups excluding carboxylic acids is 10. The van der Waals surface area contributed by atoms with Gasteiger partial charge in [0.05, 0.1) is 51.8 Å². The molecule has 3 aromatic rings. The molecule has 6 rings (SSSR count). The summed E-state index contributed by atoms with van der Waals surface area (Å²) in [6, 6.07) is 14.8. The van der Waals surface area contributed by atoms with Gasteiger partial charge in [0.25, 0.3) is 23.6 Å². The first-order chi connectivity index (χ1) is 39.5. The first kappa shape index (κ1) is 63.4. The number of para-hydroxylation sites is 1. The molecule has 3 aliphatic rings. The van der Waals surface area contributed by atoms with Crippen molar-refractivity contribution < 1.29 is 81.1 Å². The van der Waals surface area contributed by atoms with Crippen LogP contribution in [0.2, 0.25) is 0 Å². The van der Waals surface area contributed by atoms with Crippen molar-refractivity contribution in [3.05, 3.63) is 82.9 Å². The number of ether oxygens (including phenoxy) is 7. The van der Waals surface area contributed by atoms with Crippen LogP contribution in [0.25, 0.3) is 0 Å². The zero-order valence-corrected chi connectivity index (χ0v) is 47.4. The van der Waals surface area contributed by atoms with Crippen LogP contribution >= 0.6 is 0 Å². The summed E-state index contributed by atoms with van der Waals surface area (Å²) >= 11 is 0. The van der Waals surface area contributed by atoms with E-state index in [0.29, 0.717) is 120 Å². The third kappa shape index (κ3) is 17.6. The number of rotatable bonds is 33. The van der Waals surface area contributed by atoms with Crippen LogP contribution in [0, 0.1) is 5.41 Å². The molecule has 4 N–H and O–H groups in total. The number of hydrogen-bond acceptors (Lipinski definition) is 17. The average molecular weight is 1140 g/mol. The number of carbonyl (C=O) groups is 10. The topological polar surface area (TPSA) is 290 Å². The van der Waals surface area contributed by atoms with Crippen LogP contribution in [-0.4, -0.2) is 161 Å². The summed E-state index contributed by atoms with van der Waals surface area (Å²) in [5, 5.41) is 10.6. The maximum atomic E-state index is 14.2. The number of nitrogens with zero attached hydrogens (tertiary/aromatic N) is 2. The van der Waals surface area contributed by atoms with Crippen molar-refractivity contribution in [2.24, 2.45) is 5.41 Å². The highest BCUT2D eigenvalue weighted by atomic mass is 16.6. The number of hydrogen-bond donors (Lipinski definition) is 4. The smallest absolute Gasteiger partial charge is 0.329 e. The Morgan fingerprint density at radius 2 is 1.40 bits per heavy atom. The summed E-state index contributed by atoms with van der Waals surface area (Å²) < 4.78 is 39.5. The van der Waals surface area contributed by atoms with Crippen LogP contribution < -0.4 is 35.5 Å². The van der Waals surface area contributed by atoms with Crippen molar-refractivity contribution in [3.8, 4) is 17.2 Å². The molecule has 1 unspecified atom stereocenters. The Labute approximate surface area is 477 Å². The fourth-order valence-electron chi connectivity index (χ4n) is 9.40. The standard InChI is InChI=1S/C59H76N6O17/c1-6-59(2,3)53(70)57(74)64-29-10-9-17-43(64)58(75)82-44(22-19-38-20-23-45(76-4)47(36-38)77-5)39-14-7-8-16-41(39)62-49(67)26-25-48(66)60-27-12-30-78-32-34-80-35-33-79-31-13-28-61-51(69)37-81-46-18-11-15-40-52(46)56(73)65(55(40)72)42-21-24-50(68)63-54(42)71/h7-8,11,14-16,18,20,23,36,42-44H,6,9-10,12-13,17,19,21-22,24-35,37H2,1-5H3,(H,60,66)(H,61,69)(H,62,67)(H,63,68,71)/t42?,43-,44+/m0/s1. The van der Waals surface area contributed by atoms with Gasteiger partial charge >= 0.3 is 5.97 Å². The van der Waals surface area contributed by atoms with Gasteiger partial charge in [-0.3, -0.25) is 53.4 Å². The second-order valence-electron chi connectivity index (χ2n) is 20.5. The van der Waals surface area contributed by atoms with Crippen molar-refractivity contribution in [2.45, 2.75) is 116 Å². The van der Waals surface area contributed by atoms with E-state index in [2.05, 4.69) is 21.3 Å². The summed E-state index contributed by atoms with van der Waals surface area (Å²) in [6.07, 6.45) is 2.79. The maximum Gasteiger partial charge on any atom is 0.329 e. The summed E-state index contributed by atoms with van der Waals surface area (Å²) in [6.45, 7) is 7.73. The molecule has 444 valence electrons. The van der Waals surface area contributed by atoms with Crippen LogP contribution in [0.4, 0.5) is 5.69 Å². The quantitative estimate of drug-likeness (QED) is 0.0281. The molecule has 0 spiro atoms. The van der Waals surface area contributed by atoms with E-state index in [4.69, 9.17) is 33.2 Å². The van der Waals surface area contributed by atoms with Gasteiger partial charge in [-0.2, -0.15) is 0 Å². The van der Waals surface area contributed by atoms with Crippen LogP contribution in [0.15, 0.2) is 60.7 Å². The molecule has 8 amide bonds. The number of methoxy groups -OCH3 is 2. The van der Waals surface area contributed by atoms with Crippen molar-refractivity contribution >= 4 is 64.7 Å². The number of likely N-dealkylation sites (tertiary alicyclic amines) is 1. The molecule has 0 aromatic heterocycles. The van der Waals surface area contributed by atoms with E-state index < -0.39 is 83.3 Å². The van der Waals surface area contributed by atoms with E-state index in [-0.39, 0.29) is 61.4 Å². The van der Waals surface area contributed by atoms with Gasteiger partial charge in [0.2, 0.25) is 29.4 Å². The van der Waals surface area contributed by atoms with Crippen LogP contribution in [0.5, 0.6) is 17.2 Å². The lowest BCUT2D eigenvalue weighted by Gasteiger charge is -2.36. The number of anilines is 1. The average Bonchev–Trinajstić information content (AvgIpc) is 3.99. The molecule has 0 aliphatic carbocycles. The Kier molecular flexibility index (Phi) is 24.3. The minimum Gasteiger partial charge on any atom is -0.493 e. The van der Waals surface area contributed by atoms with Crippen molar-refractivity contribution in [1.82, 2.24) is 25.8 Å². The first-order valence-electron chi connectivity index (χ1n) is 27.9. The molecule has 3 atom stereocenters. The number of ketones is 1. The van der Waals surface area contributed by atoms with E-state index in [9.17, 15) is 47.9 Å². The van der Waals surface area contributed by atoms with Crippen molar-refractivity contribution in [2.75, 3.05) is 85.4 Å². The number of fused-ring (bicyclic) bond motifs is 1. The Bertz CT molecular complexity index is 2780. The number of imide groups is 2. The first-order valence-corrected chi connectivity index (χ1v) is 27.9. The van der Waals surface area contributed by atoms with Gasteiger partial charge in [0.1, 0.15) is 23.9 Å². The van der Waals surface area contributed by atoms with E-state index in [1.807, 2.05) is 19.1 Å². The molecule has 2 saturated heterocycles. The molecule has 3 heterocycles. The minimum absolute atomic E-state index is 0.00843. The highest BCUT2D eigenvalue weighted by Crippen LogP contribution is 2.36. The van der Waals surface area contributed by atoms with E-state index >= 15 is 0 Å². The van der Waals surface area contributed by atoms with Gasteiger partial charge in [0.15, 0.2) is 18.1 Å². The number of piperidine rings is 2. The molecule has 0 saturated carbocycles. The predicted octanol–water partition coefficient (Wildman–Crippen LogP) is 4.57. The Balaban J connectivity index is 0.839. The van der Waals surface area contributed by atoms with Gasteiger partial charge in [0, 0.05) is 68.8 Å². The predicted molar refractivity (Wildman–Crippen MR) is 296 cm³/mol.